The first-order valence-corrected chi connectivity index (χ1v) is 5.00. The summed E-state index contributed by atoms with van der Waals surface area (Å²) in [6.45, 7) is 0. The van der Waals surface area contributed by atoms with Crippen molar-refractivity contribution in [3.8, 4) is 17.0 Å². The Morgan fingerprint density at radius 1 is 1.27 bits per heavy atom. The molecule has 0 fully saturated rings. The van der Waals surface area contributed by atoms with Crippen molar-refractivity contribution in [3.63, 3.8) is 0 Å². The Morgan fingerprint density at radius 2 is 2.07 bits per heavy atom. The molecular formula is C10H8Cl2N2O. The van der Waals surface area contributed by atoms with Gasteiger partial charge in [-0.2, -0.15) is 5.10 Å². The third-order valence-electron chi connectivity index (χ3n) is 2.03. The smallest absolute Gasteiger partial charge is 0.137 e. The van der Waals surface area contributed by atoms with Crippen LogP contribution >= 0.6 is 23.2 Å². The summed E-state index contributed by atoms with van der Waals surface area (Å²) in [6, 6.07) is 5.43. The molecule has 2 aromatic rings. The molecule has 1 aromatic carbocycles. The first-order chi connectivity index (χ1) is 7.22. The number of halogens is 2. The lowest BCUT2D eigenvalue weighted by molar-refractivity contribution is 0.415. The molecule has 1 N–H and O–H groups in total. The largest absolute Gasteiger partial charge is 0.495 e. The van der Waals surface area contributed by atoms with E-state index in [2.05, 4.69) is 10.2 Å². The minimum Gasteiger partial charge on any atom is -0.495 e. The molecule has 15 heavy (non-hydrogen) atoms. The zero-order chi connectivity index (χ0) is 10.8. The summed E-state index contributed by atoms with van der Waals surface area (Å²) in [5, 5.41) is 7.75. The number of rotatable bonds is 2. The van der Waals surface area contributed by atoms with Gasteiger partial charge in [0.2, 0.25) is 0 Å². The molecule has 0 saturated heterocycles. The molecule has 0 aliphatic carbocycles. The van der Waals surface area contributed by atoms with Crippen molar-refractivity contribution in [3.05, 3.63) is 34.4 Å². The van der Waals surface area contributed by atoms with E-state index in [9.17, 15) is 0 Å². The van der Waals surface area contributed by atoms with Gasteiger partial charge in [-0.05, 0) is 18.2 Å². The lowest BCUT2D eigenvalue weighted by atomic mass is 10.1. The van der Waals surface area contributed by atoms with Crippen molar-refractivity contribution in [2.45, 2.75) is 0 Å². The number of benzene rings is 1. The molecule has 0 amide bonds. The van der Waals surface area contributed by atoms with Crippen LogP contribution in [0.2, 0.25) is 10.0 Å². The monoisotopic (exact) mass is 242 g/mol. The molecule has 0 spiro atoms. The van der Waals surface area contributed by atoms with E-state index in [-0.39, 0.29) is 0 Å². The van der Waals surface area contributed by atoms with Gasteiger partial charge < -0.3 is 4.74 Å². The topological polar surface area (TPSA) is 37.9 Å². The van der Waals surface area contributed by atoms with Crippen LogP contribution in [0.1, 0.15) is 0 Å². The zero-order valence-corrected chi connectivity index (χ0v) is 9.43. The van der Waals surface area contributed by atoms with Gasteiger partial charge in [-0.1, -0.05) is 23.2 Å². The van der Waals surface area contributed by atoms with E-state index in [1.165, 1.54) is 0 Å². The number of nitrogens with one attached hydrogen (secondary N) is 1. The molecule has 0 bridgehead atoms. The van der Waals surface area contributed by atoms with Gasteiger partial charge in [-0.25, -0.2) is 0 Å². The van der Waals surface area contributed by atoms with Crippen LogP contribution in [0.3, 0.4) is 0 Å². The normalized spacial score (nSPS) is 10.3. The third kappa shape index (κ3) is 1.94. The number of hydrogen-bond acceptors (Lipinski definition) is 2. The second-order valence-corrected chi connectivity index (χ2v) is 3.76. The fraction of sp³-hybridized carbons (Fsp3) is 0.100. The van der Waals surface area contributed by atoms with E-state index in [4.69, 9.17) is 27.9 Å². The van der Waals surface area contributed by atoms with Gasteiger partial charge in [0, 0.05) is 5.56 Å². The van der Waals surface area contributed by atoms with Gasteiger partial charge in [0.25, 0.3) is 0 Å². The lowest BCUT2D eigenvalue weighted by Crippen LogP contribution is -1.85. The van der Waals surface area contributed by atoms with E-state index < -0.39 is 0 Å². The van der Waals surface area contributed by atoms with Crippen molar-refractivity contribution in [1.29, 1.82) is 0 Å². The zero-order valence-electron chi connectivity index (χ0n) is 7.92. The highest BCUT2D eigenvalue weighted by Gasteiger charge is 2.08. The maximum atomic E-state index is 6.00. The van der Waals surface area contributed by atoms with Gasteiger partial charge >= 0.3 is 0 Å². The summed E-state index contributed by atoms with van der Waals surface area (Å²) in [6.07, 6.45) is 1.55. The van der Waals surface area contributed by atoms with Crippen LogP contribution < -0.4 is 4.74 Å². The number of hydrogen-bond donors (Lipinski definition) is 1. The third-order valence-corrected chi connectivity index (χ3v) is 2.62. The second kappa shape index (κ2) is 4.13. The standard InChI is InChI=1S/C10H8Cl2N2O/c1-15-9-3-2-6(4-7(9)11)10-8(12)5-13-14-10/h2-5H,1H3,(H,13,14). The van der Waals surface area contributed by atoms with Crippen molar-refractivity contribution in [2.75, 3.05) is 7.11 Å². The minimum atomic E-state index is 0.542. The Balaban J connectivity index is 2.47. The van der Waals surface area contributed by atoms with Crippen molar-refractivity contribution in [1.82, 2.24) is 10.2 Å². The first-order valence-electron chi connectivity index (χ1n) is 4.25. The molecule has 0 aliphatic rings. The summed E-state index contributed by atoms with van der Waals surface area (Å²) in [5.74, 6) is 0.635. The average molecular weight is 243 g/mol. The molecule has 0 atom stereocenters. The Morgan fingerprint density at radius 3 is 2.60 bits per heavy atom. The van der Waals surface area contributed by atoms with Crippen LogP contribution in [0.5, 0.6) is 5.75 Å². The number of aromatic amines is 1. The first kappa shape index (κ1) is 10.3. The highest BCUT2D eigenvalue weighted by atomic mass is 35.5. The predicted octanol–water partition coefficient (Wildman–Crippen LogP) is 3.39. The number of methoxy groups -OCH3 is 1. The maximum absolute atomic E-state index is 6.00. The lowest BCUT2D eigenvalue weighted by Gasteiger charge is -2.04. The van der Waals surface area contributed by atoms with Gasteiger partial charge in [0.05, 0.1) is 29.0 Å². The van der Waals surface area contributed by atoms with E-state index in [1.54, 1.807) is 25.4 Å². The number of ether oxygens (including phenoxy) is 1. The van der Waals surface area contributed by atoms with E-state index in [0.29, 0.717) is 15.8 Å². The quantitative estimate of drug-likeness (QED) is 0.877. The van der Waals surface area contributed by atoms with Crippen LogP contribution in [0.4, 0.5) is 0 Å². The van der Waals surface area contributed by atoms with Crippen molar-refractivity contribution in [2.24, 2.45) is 0 Å². The molecular weight excluding hydrogens is 235 g/mol. The molecule has 1 heterocycles. The summed E-state index contributed by atoms with van der Waals surface area (Å²) in [7, 11) is 1.57. The molecule has 0 saturated carbocycles. The average Bonchev–Trinajstić information content (AvgIpc) is 2.64. The molecule has 78 valence electrons. The molecule has 1 aromatic heterocycles. The van der Waals surface area contributed by atoms with Gasteiger partial charge in [0.1, 0.15) is 5.75 Å². The Bertz CT molecular complexity index is 482. The highest BCUT2D eigenvalue weighted by Crippen LogP contribution is 2.31. The van der Waals surface area contributed by atoms with Crippen molar-refractivity contribution < 1.29 is 4.74 Å². The summed E-state index contributed by atoms with van der Waals surface area (Å²) < 4.78 is 5.06. The number of aromatic nitrogens is 2. The van der Waals surface area contributed by atoms with Crippen LogP contribution in [-0.4, -0.2) is 17.3 Å². The van der Waals surface area contributed by atoms with Gasteiger partial charge in [-0.15, -0.1) is 0 Å². The molecule has 0 unspecified atom stereocenters. The molecule has 0 aliphatic heterocycles. The van der Waals surface area contributed by atoms with Crippen molar-refractivity contribution >= 4 is 23.2 Å². The fourth-order valence-corrected chi connectivity index (χ4v) is 1.75. The summed E-state index contributed by atoms with van der Waals surface area (Å²) >= 11 is 11.9. The number of H-pyrrole nitrogens is 1. The predicted molar refractivity (Wildman–Crippen MR) is 60.6 cm³/mol. The Hall–Kier alpha value is -1.19. The summed E-state index contributed by atoms with van der Waals surface area (Å²) in [4.78, 5) is 0. The molecule has 5 heteroatoms. The van der Waals surface area contributed by atoms with Crippen LogP contribution in [0, 0.1) is 0 Å². The van der Waals surface area contributed by atoms with Gasteiger partial charge in [-0.3, -0.25) is 5.10 Å². The Labute approximate surface area is 97.0 Å². The van der Waals surface area contributed by atoms with E-state index in [0.717, 1.165) is 11.3 Å². The Kier molecular flexibility index (Phi) is 2.84. The van der Waals surface area contributed by atoms with Gasteiger partial charge in [0.15, 0.2) is 0 Å². The van der Waals surface area contributed by atoms with E-state index >= 15 is 0 Å². The number of nitrogens with zero attached hydrogens (tertiary/aromatic N) is 1. The second-order valence-electron chi connectivity index (χ2n) is 2.94. The molecule has 2 rings (SSSR count). The maximum Gasteiger partial charge on any atom is 0.137 e. The van der Waals surface area contributed by atoms with Crippen LogP contribution in [-0.2, 0) is 0 Å². The van der Waals surface area contributed by atoms with E-state index in [1.807, 2.05) is 6.07 Å². The van der Waals surface area contributed by atoms with Crippen LogP contribution in [0.15, 0.2) is 24.4 Å². The van der Waals surface area contributed by atoms with Crippen LogP contribution in [0.25, 0.3) is 11.3 Å². The molecule has 3 nitrogen and oxygen atoms in total. The SMILES string of the molecule is COc1ccc(-c2[nH]ncc2Cl)cc1Cl. The summed E-state index contributed by atoms with van der Waals surface area (Å²) in [5.41, 5.74) is 1.63. The highest BCUT2D eigenvalue weighted by molar-refractivity contribution is 6.34. The minimum absolute atomic E-state index is 0.542. The molecule has 0 radical (unpaired) electrons. The fourth-order valence-electron chi connectivity index (χ4n) is 1.30.